The molecule has 8 heteroatoms. The normalized spacial score (nSPS) is 18.9. The minimum atomic E-state index is -0.240. The molecule has 1 amide bonds. The van der Waals surface area contributed by atoms with Crippen LogP contribution in [0.25, 0.3) is 26.4 Å². The van der Waals surface area contributed by atoms with E-state index in [4.69, 9.17) is 4.98 Å². The van der Waals surface area contributed by atoms with Gasteiger partial charge in [-0.15, -0.1) is 0 Å². The second-order valence-corrected chi connectivity index (χ2v) is 11.0. The van der Waals surface area contributed by atoms with Gasteiger partial charge in [-0.3, -0.25) is 9.20 Å². The van der Waals surface area contributed by atoms with Crippen molar-refractivity contribution in [2.45, 2.75) is 44.6 Å². The Morgan fingerprint density at radius 1 is 1.14 bits per heavy atom. The molecule has 2 saturated heterocycles. The molecule has 6 nitrogen and oxygen atoms in total. The van der Waals surface area contributed by atoms with Crippen LogP contribution < -0.4 is 10.6 Å². The van der Waals surface area contributed by atoms with E-state index < -0.39 is 0 Å². The van der Waals surface area contributed by atoms with E-state index in [2.05, 4.69) is 15.5 Å². The highest BCUT2D eigenvalue weighted by molar-refractivity contribution is 7.23. The van der Waals surface area contributed by atoms with Crippen LogP contribution in [0.1, 0.15) is 60.5 Å². The highest BCUT2D eigenvalue weighted by Crippen LogP contribution is 2.32. The van der Waals surface area contributed by atoms with Crippen LogP contribution >= 0.6 is 11.3 Å². The third kappa shape index (κ3) is 4.77. The number of halogens is 1. The molecule has 1 unspecified atom stereocenters. The van der Waals surface area contributed by atoms with Crippen LogP contribution in [0.5, 0.6) is 0 Å². The first-order valence-electron chi connectivity index (χ1n) is 13.1. The first-order valence-corrected chi connectivity index (χ1v) is 13.9. The summed E-state index contributed by atoms with van der Waals surface area (Å²) >= 11 is 1.52. The summed E-state index contributed by atoms with van der Waals surface area (Å²) in [5.41, 5.74) is 3.77. The Morgan fingerprint density at radius 3 is 2.83 bits per heavy atom. The summed E-state index contributed by atoms with van der Waals surface area (Å²) in [5, 5.41) is 6.48. The number of aromatic nitrogens is 2. The van der Waals surface area contributed by atoms with Gasteiger partial charge in [0.15, 0.2) is 4.96 Å². The zero-order chi connectivity index (χ0) is 24.5. The van der Waals surface area contributed by atoms with Crippen molar-refractivity contribution in [2.75, 3.05) is 32.7 Å². The molecule has 2 aromatic heterocycles. The number of nitrogens with zero attached hydrogens (tertiary/aromatic N) is 3. The van der Waals surface area contributed by atoms with E-state index in [1.807, 2.05) is 40.9 Å². The number of thiazole rings is 1. The van der Waals surface area contributed by atoms with Gasteiger partial charge in [0.25, 0.3) is 5.91 Å². The molecule has 0 saturated carbocycles. The van der Waals surface area contributed by atoms with E-state index >= 15 is 0 Å². The lowest BCUT2D eigenvalue weighted by molar-refractivity contribution is 0.0951. The van der Waals surface area contributed by atoms with Gasteiger partial charge in [-0.05, 0) is 94.2 Å². The van der Waals surface area contributed by atoms with Crippen LogP contribution in [0.15, 0.2) is 42.6 Å². The van der Waals surface area contributed by atoms with E-state index in [1.54, 1.807) is 6.07 Å². The predicted octanol–water partition coefficient (Wildman–Crippen LogP) is 5.39. The average Bonchev–Trinajstić information content (AvgIpc) is 3.63. The molecule has 1 atom stereocenters. The van der Waals surface area contributed by atoms with Crippen LogP contribution in [-0.4, -0.2) is 52.9 Å². The number of carbonyl (C=O) groups excluding carboxylic acids is 1. The summed E-state index contributed by atoms with van der Waals surface area (Å²) in [5.74, 6) is -0.281. The van der Waals surface area contributed by atoms with E-state index in [0.29, 0.717) is 23.4 Å². The second-order valence-electron chi connectivity index (χ2n) is 9.96. The molecule has 4 aromatic rings. The number of imidazole rings is 1. The van der Waals surface area contributed by atoms with Crippen molar-refractivity contribution < 1.29 is 9.18 Å². The van der Waals surface area contributed by atoms with Gasteiger partial charge in [-0.1, -0.05) is 23.8 Å². The topological polar surface area (TPSA) is 61.7 Å². The van der Waals surface area contributed by atoms with Gasteiger partial charge in [0.2, 0.25) is 0 Å². The molecule has 2 aromatic carbocycles. The smallest absolute Gasteiger partial charge is 0.251 e. The molecular weight excluding hydrogens is 473 g/mol. The number of hydrogen-bond donors (Lipinski definition) is 2. The number of nitrogens with one attached hydrogen (secondary N) is 2. The SMILES string of the molecule is O=C(NCCCN1CCCCC1)c1ccc2c(c1)sc1nc(-c3ccc(C4CCCN4)cc3F)cn12. The third-order valence-electron chi connectivity index (χ3n) is 7.47. The van der Waals surface area contributed by atoms with E-state index in [0.717, 1.165) is 53.1 Å². The largest absolute Gasteiger partial charge is 0.352 e. The maximum atomic E-state index is 15.0. The Labute approximate surface area is 214 Å². The first-order chi connectivity index (χ1) is 17.7. The van der Waals surface area contributed by atoms with Crippen LogP contribution in [0, 0.1) is 5.82 Å². The average molecular weight is 506 g/mol. The summed E-state index contributed by atoms with van der Waals surface area (Å²) in [6.07, 6.45) is 8.95. The van der Waals surface area contributed by atoms with Gasteiger partial charge < -0.3 is 15.5 Å². The lowest BCUT2D eigenvalue weighted by Crippen LogP contribution is -2.33. The van der Waals surface area contributed by atoms with E-state index in [-0.39, 0.29) is 17.8 Å². The number of likely N-dealkylation sites (tertiary alicyclic amines) is 1. The summed E-state index contributed by atoms with van der Waals surface area (Å²) in [4.78, 5) is 20.7. The maximum absolute atomic E-state index is 15.0. The van der Waals surface area contributed by atoms with Crippen molar-refractivity contribution in [1.82, 2.24) is 24.9 Å². The van der Waals surface area contributed by atoms with E-state index in [9.17, 15) is 9.18 Å². The van der Waals surface area contributed by atoms with Crippen LogP contribution in [0.4, 0.5) is 4.39 Å². The number of fused-ring (bicyclic) bond motifs is 3. The predicted molar refractivity (Wildman–Crippen MR) is 143 cm³/mol. The number of benzene rings is 2. The lowest BCUT2D eigenvalue weighted by atomic mass is 10.0. The molecular formula is C28H32FN5OS. The second kappa shape index (κ2) is 10.3. The Bertz CT molecular complexity index is 1380. The highest BCUT2D eigenvalue weighted by atomic mass is 32.1. The number of hydrogen-bond acceptors (Lipinski definition) is 5. The summed E-state index contributed by atoms with van der Waals surface area (Å²) in [6, 6.07) is 11.5. The van der Waals surface area contributed by atoms with Crippen LogP contribution in [0.3, 0.4) is 0 Å². The molecule has 6 rings (SSSR count). The fourth-order valence-corrected chi connectivity index (χ4v) is 6.53. The Hall–Kier alpha value is -2.81. The van der Waals surface area contributed by atoms with Crippen molar-refractivity contribution in [3.8, 4) is 11.3 Å². The van der Waals surface area contributed by atoms with Crippen LogP contribution in [-0.2, 0) is 0 Å². The zero-order valence-electron chi connectivity index (χ0n) is 20.4. The fourth-order valence-electron chi connectivity index (χ4n) is 5.49. The molecule has 36 heavy (non-hydrogen) atoms. The standard InChI is InChI=1S/C28H32FN5OS/c29-22-16-19(23-6-4-11-30-23)7-9-21(22)24-18-34-25-10-8-20(17-26(25)36-28(34)32-24)27(35)31-12-5-15-33-13-2-1-3-14-33/h7-10,16-18,23,30H,1-6,11-15H2,(H,31,35). The Morgan fingerprint density at radius 2 is 2.03 bits per heavy atom. The molecule has 2 aliphatic rings. The van der Waals surface area contributed by atoms with Gasteiger partial charge >= 0.3 is 0 Å². The van der Waals surface area contributed by atoms with Crippen molar-refractivity contribution in [2.24, 2.45) is 0 Å². The van der Waals surface area contributed by atoms with Gasteiger partial charge in [0, 0.05) is 29.9 Å². The van der Waals surface area contributed by atoms with Crippen molar-refractivity contribution in [3.63, 3.8) is 0 Å². The number of rotatable bonds is 7. The number of piperidine rings is 1. The van der Waals surface area contributed by atoms with Gasteiger partial charge in [0.1, 0.15) is 5.82 Å². The number of amides is 1. The third-order valence-corrected chi connectivity index (χ3v) is 8.49. The molecule has 0 radical (unpaired) electrons. The summed E-state index contributed by atoms with van der Waals surface area (Å²) < 4.78 is 18.0. The minimum absolute atomic E-state index is 0.0406. The molecule has 0 spiro atoms. The van der Waals surface area contributed by atoms with Crippen LogP contribution in [0.2, 0.25) is 0 Å². The zero-order valence-corrected chi connectivity index (χ0v) is 21.2. The van der Waals surface area contributed by atoms with Crippen molar-refractivity contribution in [3.05, 3.63) is 59.5 Å². The summed E-state index contributed by atoms with van der Waals surface area (Å²) in [6.45, 7) is 5.08. The molecule has 188 valence electrons. The molecule has 0 bridgehead atoms. The Balaban J connectivity index is 1.14. The molecule has 4 heterocycles. The fraction of sp³-hybridized carbons (Fsp3) is 0.429. The monoisotopic (exact) mass is 505 g/mol. The van der Waals surface area contributed by atoms with Gasteiger partial charge in [-0.2, -0.15) is 0 Å². The molecule has 2 aliphatic heterocycles. The van der Waals surface area contributed by atoms with Crippen molar-refractivity contribution in [1.29, 1.82) is 0 Å². The van der Waals surface area contributed by atoms with Gasteiger partial charge in [0.05, 0.1) is 15.9 Å². The number of carbonyl (C=O) groups is 1. The molecule has 2 N–H and O–H groups in total. The minimum Gasteiger partial charge on any atom is -0.352 e. The Kier molecular flexibility index (Phi) is 6.73. The first kappa shape index (κ1) is 23.6. The maximum Gasteiger partial charge on any atom is 0.251 e. The highest BCUT2D eigenvalue weighted by Gasteiger charge is 2.19. The van der Waals surface area contributed by atoms with E-state index in [1.165, 1.54) is 43.7 Å². The van der Waals surface area contributed by atoms with Crippen molar-refractivity contribution >= 4 is 32.4 Å². The summed E-state index contributed by atoms with van der Waals surface area (Å²) in [7, 11) is 0. The lowest BCUT2D eigenvalue weighted by Gasteiger charge is -2.26. The molecule has 0 aliphatic carbocycles. The van der Waals surface area contributed by atoms with Gasteiger partial charge in [-0.25, -0.2) is 9.37 Å². The quantitative estimate of drug-likeness (QED) is 0.331. The molecule has 2 fully saturated rings.